The molecule has 0 saturated carbocycles. The summed E-state index contributed by atoms with van der Waals surface area (Å²) in [6.45, 7) is 3.75. The van der Waals surface area contributed by atoms with Gasteiger partial charge in [-0.1, -0.05) is 47.1 Å². The molecule has 2 heterocycles. The molecule has 0 saturated heterocycles. The van der Waals surface area contributed by atoms with Gasteiger partial charge in [-0.2, -0.15) is 0 Å². The summed E-state index contributed by atoms with van der Waals surface area (Å²) in [5, 5.41) is 3.40. The minimum absolute atomic E-state index is 0.230. The van der Waals surface area contributed by atoms with Crippen molar-refractivity contribution >= 4 is 49.1 Å². The number of carbonyl (C=O) groups is 1. The summed E-state index contributed by atoms with van der Waals surface area (Å²) in [5.74, 6) is 0.228. The summed E-state index contributed by atoms with van der Waals surface area (Å²) in [4.78, 5) is 32.8. The number of thiophene rings is 1. The van der Waals surface area contributed by atoms with Gasteiger partial charge in [0.15, 0.2) is 0 Å². The van der Waals surface area contributed by atoms with Crippen molar-refractivity contribution in [3.05, 3.63) is 74.6 Å². The van der Waals surface area contributed by atoms with Gasteiger partial charge in [0.1, 0.15) is 16.6 Å². The van der Waals surface area contributed by atoms with Gasteiger partial charge < -0.3 is 10.1 Å². The maximum Gasteiger partial charge on any atom is 0.263 e. The van der Waals surface area contributed by atoms with Gasteiger partial charge in [-0.05, 0) is 43.2 Å². The van der Waals surface area contributed by atoms with Crippen LogP contribution in [0.25, 0.3) is 21.3 Å². The Balaban J connectivity index is 1.77. The lowest BCUT2D eigenvalue weighted by molar-refractivity contribution is -0.118. The van der Waals surface area contributed by atoms with Crippen LogP contribution in [0.15, 0.2) is 64.1 Å². The van der Waals surface area contributed by atoms with E-state index in [1.165, 1.54) is 22.2 Å². The Kier molecular flexibility index (Phi) is 6.43. The van der Waals surface area contributed by atoms with Gasteiger partial charge in [-0.25, -0.2) is 4.98 Å². The first kappa shape index (κ1) is 22.2. The number of fused-ring (bicyclic) bond motifs is 1. The van der Waals surface area contributed by atoms with E-state index in [9.17, 15) is 9.59 Å². The van der Waals surface area contributed by atoms with Crippen LogP contribution in [0, 0.1) is 0 Å². The number of aryl methyl sites for hydroxylation is 1. The zero-order chi connectivity index (χ0) is 22.8. The van der Waals surface area contributed by atoms with Crippen LogP contribution in [0.1, 0.15) is 24.8 Å². The molecule has 4 rings (SSSR count). The molecule has 32 heavy (non-hydrogen) atoms. The minimum Gasteiger partial charge on any atom is -0.495 e. The number of hydrogen-bond acceptors (Lipinski definition) is 5. The lowest BCUT2D eigenvalue weighted by Gasteiger charge is -2.16. The maximum atomic E-state index is 13.6. The van der Waals surface area contributed by atoms with Crippen LogP contribution in [0.3, 0.4) is 0 Å². The zero-order valence-corrected chi connectivity index (χ0v) is 20.3. The van der Waals surface area contributed by atoms with Gasteiger partial charge in [-0.3, -0.25) is 14.2 Å². The van der Waals surface area contributed by atoms with Gasteiger partial charge in [0.05, 0.1) is 24.5 Å². The molecule has 8 heteroatoms. The molecular weight excluding hydrogens is 490 g/mol. The summed E-state index contributed by atoms with van der Waals surface area (Å²) >= 11 is 4.98. The van der Waals surface area contributed by atoms with Crippen molar-refractivity contribution in [2.45, 2.75) is 26.3 Å². The largest absolute Gasteiger partial charge is 0.495 e. The second kappa shape index (κ2) is 9.26. The number of ether oxygens (including phenoxy) is 1. The molecule has 0 bridgehead atoms. The van der Waals surface area contributed by atoms with E-state index in [0.717, 1.165) is 26.9 Å². The first-order valence-corrected chi connectivity index (χ1v) is 11.8. The average Bonchev–Trinajstić information content (AvgIpc) is 3.19. The molecule has 1 amide bonds. The van der Waals surface area contributed by atoms with Gasteiger partial charge >= 0.3 is 0 Å². The van der Waals surface area contributed by atoms with Crippen molar-refractivity contribution in [2.75, 3.05) is 12.4 Å². The van der Waals surface area contributed by atoms with Crippen molar-refractivity contribution in [2.24, 2.45) is 0 Å². The molecule has 0 aliphatic rings. The molecule has 1 unspecified atom stereocenters. The van der Waals surface area contributed by atoms with E-state index in [-0.39, 0.29) is 11.5 Å². The Morgan fingerprint density at radius 3 is 2.62 bits per heavy atom. The van der Waals surface area contributed by atoms with Gasteiger partial charge in [0.25, 0.3) is 5.56 Å². The van der Waals surface area contributed by atoms with E-state index in [1.807, 2.05) is 36.4 Å². The molecule has 0 aliphatic carbocycles. The van der Waals surface area contributed by atoms with E-state index < -0.39 is 6.04 Å². The molecule has 4 aromatic rings. The first-order chi connectivity index (χ1) is 15.4. The molecule has 0 radical (unpaired) electrons. The Hall–Kier alpha value is -2.97. The second-order valence-electron chi connectivity index (χ2n) is 7.26. The van der Waals surface area contributed by atoms with Crippen molar-refractivity contribution in [3.63, 3.8) is 0 Å². The lowest BCUT2D eigenvalue weighted by atomic mass is 10.0. The number of methoxy groups -OCH3 is 1. The van der Waals surface area contributed by atoms with Crippen molar-refractivity contribution in [1.82, 2.24) is 9.55 Å². The van der Waals surface area contributed by atoms with Crippen molar-refractivity contribution in [3.8, 4) is 16.9 Å². The van der Waals surface area contributed by atoms with Crippen molar-refractivity contribution in [1.29, 1.82) is 0 Å². The molecule has 2 aromatic heterocycles. The third kappa shape index (κ3) is 4.08. The highest BCUT2D eigenvalue weighted by Gasteiger charge is 2.23. The Labute approximate surface area is 198 Å². The van der Waals surface area contributed by atoms with Crippen LogP contribution in [0.5, 0.6) is 5.75 Å². The number of hydrogen-bond donors (Lipinski definition) is 1. The third-order valence-electron chi connectivity index (χ3n) is 5.33. The highest BCUT2D eigenvalue weighted by Crippen LogP contribution is 2.37. The van der Waals surface area contributed by atoms with E-state index >= 15 is 0 Å². The van der Waals surface area contributed by atoms with Crippen molar-refractivity contribution < 1.29 is 9.53 Å². The number of aromatic nitrogens is 2. The van der Waals surface area contributed by atoms with E-state index in [2.05, 4.69) is 33.2 Å². The SMILES string of the molecule is CCc1sc2ncn(C(C)C(=O)Nc3ccccc3OC)c(=O)c2c1-c1ccc(Br)cc1. The fourth-order valence-corrected chi connectivity index (χ4v) is 4.96. The van der Waals surface area contributed by atoms with Crippen LogP contribution >= 0.6 is 27.3 Å². The maximum absolute atomic E-state index is 13.6. The average molecular weight is 512 g/mol. The van der Waals surface area contributed by atoms with E-state index in [1.54, 1.807) is 26.2 Å². The third-order valence-corrected chi connectivity index (χ3v) is 7.10. The highest BCUT2D eigenvalue weighted by atomic mass is 79.9. The lowest BCUT2D eigenvalue weighted by Crippen LogP contribution is -2.31. The zero-order valence-electron chi connectivity index (χ0n) is 17.9. The summed E-state index contributed by atoms with van der Waals surface area (Å²) < 4.78 is 7.66. The number of carbonyl (C=O) groups excluding carboxylic acids is 1. The molecule has 0 aliphatic heterocycles. The summed E-state index contributed by atoms with van der Waals surface area (Å²) in [6.07, 6.45) is 2.24. The summed E-state index contributed by atoms with van der Waals surface area (Å²) in [6, 6.07) is 14.3. The normalized spacial score (nSPS) is 12.0. The van der Waals surface area contributed by atoms with Gasteiger partial charge in [0.2, 0.25) is 5.91 Å². The Morgan fingerprint density at radius 1 is 1.22 bits per heavy atom. The molecule has 2 aromatic carbocycles. The van der Waals surface area contributed by atoms with E-state index in [4.69, 9.17) is 4.74 Å². The Bertz CT molecular complexity index is 1350. The molecule has 164 valence electrons. The van der Waals surface area contributed by atoms with Crippen LogP contribution in [0.4, 0.5) is 5.69 Å². The number of amides is 1. The topological polar surface area (TPSA) is 73.2 Å². The molecule has 1 N–H and O–H groups in total. The summed E-state index contributed by atoms with van der Waals surface area (Å²) in [7, 11) is 1.54. The van der Waals surface area contributed by atoms with E-state index in [0.29, 0.717) is 21.7 Å². The monoisotopic (exact) mass is 511 g/mol. The number of benzene rings is 2. The molecular formula is C24H22BrN3O3S. The standard InChI is InChI=1S/C24H22BrN3O3S/c1-4-19-20(15-9-11-16(25)12-10-15)21-23(32-19)26-13-28(24(21)30)14(2)22(29)27-17-7-5-6-8-18(17)31-3/h5-14H,4H2,1-3H3,(H,27,29). The summed E-state index contributed by atoms with van der Waals surface area (Å²) in [5.41, 5.74) is 2.17. The van der Waals surface area contributed by atoms with Crippen LogP contribution < -0.4 is 15.6 Å². The highest BCUT2D eigenvalue weighted by molar-refractivity contribution is 9.10. The number of nitrogens with one attached hydrogen (secondary N) is 1. The molecule has 6 nitrogen and oxygen atoms in total. The number of rotatable bonds is 6. The number of halogens is 1. The second-order valence-corrected chi connectivity index (χ2v) is 9.26. The van der Waals surface area contributed by atoms with Crippen LogP contribution in [-0.2, 0) is 11.2 Å². The number of anilines is 1. The quantitative estimate of drug-likeness (QED) is 0.362. The fraction of sp³-hybridized carbons (Fsp3) is 0.208. The van der Waals surface area contributed by atoms with Crippen LogP contribution in [-0.4, -0.2) is 22.6 Å². The number of nitrogens with zero attached hydrogens (tertiary/aromatic N) is 2. The van der Waals surface area contributed by atoms with Gasteiger partial charge in [0, 0.05) is 14.9 Å². The number of para-hydroxylation sites is 2. The smallest absolute Gasteiger partial charge is 0.263 e. The predicted octanol–water partition coefficient (Wildman–Crippen LogP) is 5.66. The fourth-order valence-electron chi connectivity index (χ4n) is 3.61. The van der Waals surface area contributed by atoms with Crippen LogP contribution in [0.2, 0.25) is 0 Å². The minimum atomic E-state index is -0.757. The molecule has 0 fully saturated rings. The first-order valence-electron chi connectivity index (χ1n) is 10.2. The molecule has 0 spiro atoms. The predicted molar refractivity (Wildman–Crippen MR) is 133 cm³/mol. The molecule has 1 atom stereocenters. The van der Waals surface area contributed by atoms with Gasteiger partial charge in [-0.15, -0.1) is 11.3 Å². The Morgan fingerprint density at radius 2 is 1.94 bits per heavy atom.